The lowest BCUT2D eigenvalue weighted by atomic mass is 9.82. The lowest BCUT2D eigenvalue weighted by molar-refractivity contribution is 0.235. The van der Waals surface area contributed by atoms with E-state index in [4.69, 9.17) is 0 Å². The molecule has 2 fully saturated rings. The number of hydrogen-bond donors (Lipinski definition) is 2. The summed E-state index contributed by atoms with van der Waals surface area (Å²) in [6.45, 7) is 8.42. The van der Waals surface area contributed by atoms with Crippen molar-refractivity contribution >= 4 is 0 Å². The maximum absolute atomic E-state index is 3.83. The van der Waals surface area contributed by atoms with Gasteiger partial charge in [-0.1, -0.05) is 26.2 Å². The molecule has 2 atom stereocenters. The molecule has 1 saturated heterocycles. The first-order valence-corrected chi connectivity index (χ1v) is 6.65. The fourth-order valence-corrected chi connectivity index (χ4v) is 3.02. The Bertz CT molecular complexity index is 197. The van der Waals surface area contributed by atoms with Gasteiger partial charge in [-0.25, -0.2) is 0 Å². The van der Waals surface area contributed by atoms with Gasteiger partial charge < -0.3 is 10.6 Å². The highest BCUT2D eigenvalue weighted by atomic mass is 15.0. The van der Waals surface area contributed by atoms with Crippen molar-refractivity contribution in [2.75, 3.05) is 19.6 Å². The molecule has 15 heavy (non-hydrogen) atoms. The van der Waals surface area contributed by atoms with Gasteiger partial charge in [0.25, 0.3) is 0 Å². The molecule has 0 aromatic heterocycles. The highest BCUT2D eigenvalue weighted by molar-refractivity contribution is 4.89. The molecule has 1 saturated carbocycles. The molecule has 0 amide bonds. The van der Waals surface area contributed by atoms with Gasteiger partial charge in [0.2, 0.25) is 0 Å². The first-order chi connectivity index (χ1) is 7.20. The minimum absolute atomic E-state index is 0.445. The predicted molar refractivity (Wildman–Crippen MR) is 65.0 cm³/mol. The highest BCUT2D eigenvalue weighted by Gasteiger charge is 2.29. The Labute approximate surface area is 94.2 Å². The molecule has 2 unspecified atom stereocenters. The zero-order chi connectivity index (χ0) is 10.7. The van der Waals surface area contributed by atoms with Crippen molar-refractivity contribution in [2.24, 2.45) is 11.8 Å². The second-order valence-electron chi connectivity index (χ2n) is 5.90. The first-order valence-electron chi connectivity index (χ1n) is 6.65. The molecule has 1 aliphatic heterocycles. The lowest BCUT2D eigenvalue weighted by Crippen LogP contribution is -2.46. The van der Waals surface area contributed by atoms with E-state index in [1.807, 2.05) is 0 Å². The molecule has 88 valence electrons. The van der Waals surface area contributed by atoms with Crippen molar-refractivity contribution in [1.82, 2.24) is 10.6 Å². The van der Waals surface area contributed by atoms with E-state index in [0.717, 1.165) is 11.8 Å². The highest BCUT2D eigenvalue weighted by Crippen LogP contribution is 2.28. The van der Waals surface area contributed by atoms with Gasteiger partial charge in [0, 0.05) is 5.54 Å². The average molecular weight is 210 g/mol. The van der Waals surface area contributed by atoms with Crippen LogP contribution in [-0.4, -0.2) is 25.2 Å². The minimum atomic E-state index is 0.445. The zero-order valence-electron chi connectivity index (χ0n) is 10.3. The third kappa shape index (κ3) is 2.94. The van der Waals surface area contributed by atoms with Gasteiger partial charge in [0.1, 0.15) is 0 Å². The molecule has 2 heteroatoms. The van der Waals surface area contributed by atoms with E-state index >= 15 is 0 Å². The Morgan fingerprint density at radius 2 is 1.93 bits per heavy atom. The van der Waals surface area contributed by atoms with Gasteiger partial charge in [-0.15, -0.1) is 0 Å². The number of hydrogen-bond acceptors (Lipinski definition) is 2. The molecule has 1 aliphatic carbocycles. The molecule has 0 radical (unpaired) electrons. The molecule has 0 bridgehead atoms. The smallest absolute Gasteiger partial charge is 0.0153 e. The van der Waals surface area contributed by atoms with Crippen LogP contribution in [0.15, 0.2) is 0 Å². The molecule has 0 aromatic rings. The van der Waals surface area contributed by atoms with E-state index in [-0.39, 0.29) is 0 Å². The van der Waals surface area contributed by atoms with E-state index in [0.29, 0.717) is 5.54 Å². The van der Waals surface area contributed by atoms with Crippen molar-refractivity contribution in [2.45, 2.75) is 51.5 Å². The van der Waals surface area contributed by atoms with Crippen LogP contribution < -0.4 is 10.6 Å². The summed E-state index contributed by atoms with van der Waals surface area (Å²) in [6, 6.07) is 0. The fourth-order valence-electron chi connectivity index (χ4n) is 3.02. The largest absolute Gasteiger partial charge is 0.316 e. The van der Waals surface area contributed by atoms with Gasteiger partial charge in [0.15, 0.2) is 0 Å². The first kappa shape index (κ1) is 11.4. The molecule has 2 N–H and O–H groups in total. The van der Waals surface area contributed by atoms with E-state index in [2.05, 4.69) is 24.5 Å². The van der Waals surface area contributed by atoms with E-state index in [1.165, 1.54) is 51.7 Å². The molecule has 2 aliphatic rings. The lowest BCUT2D eigenvalue weighted by Gasteiger charge is -2.36. The Hall–Kier alpha value is -0.0800. The summed E-state index contributed by atoms with van der Waals surface area (Å²) in [6.07, 6.45) is 7.03. The van der Waals surface area contributed by atoms with Gasteiger partial charge in [-0.3, -0.25) is 0 Å². The molecule has 2 nitrogen and oxygen atoms in total. The average Bonchev–Trinajstić information content (AvgIpc) is 2.62. The second kappa shape index (κ2) is 4.84. The molecular weight excluding hydrogens is 184 g/mol. The normalized spacial score (nSPS) is 35.6. The van der Waals surface area contributed by atoms with Crippen molar-refractivity contribution in [3.63, 3.8) is 0 Å². The third-order valence-corrected chi connectivity index (χ3v) is 4.43. The second-order valence-corrected chi connectivity index (χ2v) is 5.90. The maximum Gasteiger partial charge on any atom is 0.0153 e. The SMILES string of the molecule is CC1CNCC1CNC1(C)CCCCC1. The summed E-state index contributed by atoms with van der Waals surface area (Å²) >= 11 is 0. The van der Waals surface area contributed by atoms with E-state index in [1.54, 1.807) is 0 Å². The Balaban J connectivity index is 1.76. The van der Waals surface area contributed by atoms with Gasteiger partial charge in [-0.2, -0.15) is 0 Å². The van der Waals surface area contributed by atoms with Gasteiger partial charge in [0.05, 0.1) is 0 Å². The van der Waals surface area contributed by atoms with E-state index < -0.39 is 0 Å². The molecule has 2 rings (SSSR count). The number of nitrogens with one attached hydrogen (secondary N) is 2. The van der Waals surface area contributed by atoms with Crippen LogP contribution in [0.4, 0.5) is 0 Å². The van der Waals surface area contributed by atoms with Crippen molar-refractivity contribution in [3.05, 3.63) is 0 Å². The molecule has 0 spiro atoms. The Morgan fingerprint density at radius 1 is 1.20 bits per heavy atom. The van der Waals surface area contributed by atoms with E-state index in [9.17, 15) is 0 Å². The van der Waals surface area contributed by atoms with Crippen molar-refractivity contribution in [1.29, 1.82) is 0 Å². The minimum Gasteiger partial charge on any atom is -0.316 e. The van der Waals surface area contributed by atoms with Gasteiger partial charge in [-0.05, 0) is 51.2 Å². The quantitative estimate of drug-likeness (QED) is 0.746. The number of rotatable bonds is 3. The van der Waals surface area contributed by atoms with Gasteiger partial charge >= 0.3 is 0 Å². The summed E-state index contributed by atoms with van der Waals surface area (Å²) in [5.74, 6) is 1.70. The van der Waals surface area contributed by atoms with Crippen LogP contribution in [0.2, 0.25) is 0 Å². The van der Waals surface area contributed by atoms with Crippen molar-refractivity contribution in [3.8, 4) is 0 Å². The summed E-state index contributed by atoms with van der Waals surface area (Å²) in [7, 11) is 0. The van der Waals surface area contributed by atoms with Crippen LogP contribution in [-0.2, 0) is 0 Å². The summed E-state index contributed by atoms with van der Waals surface area (Å²) < 4.78 is 0. The van der Waals surface area contributed by atoms with Crippen LogP contribution in [0.1, 0.15) is 46.0 Å². The summed E-state index contributed by atoms with van der Waals surface area (Å²) in [4.78, 5) is 0. The maximum atomic E-state index is 3.83. The standard InChI is InChI=1S/C13H26N2/c1-11-8-14-9-12(11)10-15-13(2)6-4-3-5-7-13/h11-12,14-15H,3-10H2,1-2H3. The Kier molecular flexibility index (Phi) is 3.68. The molecule has 1 heterocycles. The fraction of sp³-hybridized carbons (Fsp3) is 1.00. The predicted octanol–water partition coefficient (Wildman–Crippen LogP) is 2.15. The van der Waals surface area contributed by atoms with Crippen LogP contribution in [0.5, 0.6) is 0 Å². The van der Waals surface area contributed by atoms with Crippen LogP contribution in [0.3, 0.4) is 0 Å². The summed E-state index contributed by atoms with van der Waals surface area (Å²) in [5.41, 5.74) is 0.445. The summed E-state index contributed by atoms with van der Waals surface area (Å²) in [5, 5.41) is 7.31. The van der Waals surface area contributed by atoms with Crippen LogP contribution in [0.25, 0.3) is 0 Å². The molecule has 0 aromatic carbocycles. The monoisotopic (exact) mass is 210 g/mol. The van der Waals surface area contributed by atoms with Crippen LogP contribution >= 0.6 is 0 Å². The molecular formula is C13H26N2. The van der Waals surface area contributed by atoms with Crippen molar-refractivity contribution < 1.29 is 0 Å². The zero-order valence-corrected chi connectivity index (χ0v) is 10.3. The Morgan fingerprint density at radius 3 is 2.53 bits per heavy atom. The van der Waals surface area contributed by atoms with Crippen LogP contribution in [0, 0.1) is 11.8 Å². The third-order valence-electron chi connectivity index (χ3n) is 4.43. The topological polar surface area (TPSA) is 24.1 Å².